The standard InChI is InChI=1S/C42H41N7O4S/c1-53-42(52)47-38(27-7-3-2-4-8-27)41(51)48-22-6-10-33(48)40-44-30-18-16-28(23-31(30)45-40)36-21-20-35(54-36)26-14-12-25(13-15-26)32-24-43-39(46-32)34-19-17-29-9-5-11-37(50)49(29)34/h2-4,7-8,12-16,18,20-21,23-24,29,33-34,38H,5-6,9-11,17,19,22H2,1H3,(H,43,46)(H,44,45)(H,47,52)/t29-,33-,34-,38+/m0/s1. The first kappa shape index (κ1) is 34.0. The summed E-state index contributed by atoms with van der Waals surface area (Å²) >= 11 is 1.74. The molecule has 3 N–H and O–H groups in total. The van der Waals surface area contributed by atoms with Crippen molar-refractivity contribution in [2.45, 2.75) is 69.1 Å². The van der Waals surface area contributed by atoms with Crippen molar-refractivity contribution in [3.05, 3.63) is 108 Å². The van der Waals surface area contributed by atoms with Crippen molar-refractivity contribution in [1.29, 1.82) is 0 Å². The Morgan fingerprint density at radius 3 is 2.44 bits per heavy atom. The van der Waals surface area contributed by atoms with Gasteiger partial charge in [0.2, 0.25) is 5.91 Å². The average Bonchev–Trinajstić information content (AvgIpc) is 4.06. The summed E-state index contributed by atoms with van der Waals surface area (Å²) in [6, 6.07) is 27.6. The Hall–Kier alpha value is -5.75. The maximum absolute atomic E-state index is 13.9. The second-order valence-electron chi connectivity index (χ2n) is 14.4. The van der Waals surface area contributed by atoms with E-state index in [9.17, 15) is 14.4 Å². The zero-order chi connectivity index (χ0) is 36.8. The Balaban J connectivity index is 0.903. The van der Waals surface area contributed by atoms with E-state index in [1.54, 1.807) is 11.3 Å². The first-order valence-electron chi connectivity index (χ1n) is 18.7. The lowest BCUT2D eigenvalue weighted by Crippen LogP contribution is -2.42. The molecule has 0 bridgehead atoms. The molecular formula is C42H41N7O4S. The first-order chi connectivity index (χ1) is 26.4. The maximum Gasteiger partial charge on any atom is 0.407 e. The van der Waals surface area contributed by atoms with Crippen LogP contribution in [-0.2, 0) is 14.3 Å². The molecule has 0 spiro atoms. The van der Waals surface area contributed by atoms with Crippen LogP contribution in [0, 0.1) is 0 Å². The smallest absolute Gasteiger partial charge is 0.407 e. The van der Waals surface area contributed by atoms with Gasteiger partial charge in [0.25, 0.3) is 5.91 Å². The van der Waals surface area contributed by atoms with E-state index in [4.69, 9.17) is 14.7 Å². The molecular weight excluding hydrogens is 699 g/mol. The molecule has 3 aromatic heterocycles. The van der Waals surface area contributed by atoms with Gasteiger partial charge in [-0.05, 0) is 85.0 Å². The number of aromatic amines is 2. The van der Waals surface area contributed by atoms with Gasteiger partial charge in [0, 0.05) is 28.8 Å². The molecule has 3 saturated heterocycles. The van der Waals surface area contributed by atoms with Crippen LogP contribution in [0.2, 0.25) is 0 Å². The topological polar surface area (TPSA) is 136 Å². The van der Waals surface area contributed by atoms with E-state index in [1.165, 1.54) is 12.0 Å². The molecule has 3 aromatic carbocycles. The maximum atomic E-state index is 13.9. The summed E-state index contributed by atoms with van der Waals surface area (Å²) in [6.07, 6.45) is 7.59. The van der Waals surface area contributed by atoms with Crippen molar-refractivity contribution in [3.8, 4) is 32.1 Å². The predicted molar refractivity (Wildman–Crippen MR) is 207 cm³/mol. The minimum Gasteiger partial charge on any atom is -0.453 e. The van der Waals surface area contributed by atoms with Gasteiger partial charge in [-0.2, -0.15) is 0 Å². The molecule has 0 aliphatic carbocycles. The van der Waals surface area contributed by atoms with Crippen LogP contribution < -0.4 is 5.32 Å². The summed E-state index contributed by atoms with van der Waals surface area (Å²) in [4.78, 5) is 61.7. The molecule has 3 aliphatic heterocycles. The molecule has 3 fully saturated rings. The fraction of sp³-hybridized carbons (Fsp3) is 0.310. The monoisotopic (exact) mass is 739 g/mol. The number of carbonyl (C=O) groups excluding carboxylic acids is 3. The highest BCUT2D eigenvalue weighted by Crippen LogP contribution is 2.41. The van der Waals surface area contributed by atoms with Crippen molar-refractivity contribution in [1.82, 2.24) is 35.1 Å². The first-order valence-corrected chi connectivity index (χ1v) is 19.5. The van der Waals surface area contributed by atoms with E-state index >= 15 is 0 Å². The Kier molecular flexibility index (Phi) is 8.98. The largest absolute Gasteiger partial charge is 0.453 e. The van der Waals surface area contributed by atoms with Gasteiger partial charge in [0.05, 0.1) is 42.1 Å². The molecule has 9 rings (SSSR count). The number of nitrogens with one attached hydrogen (secondary N) is 3. The fourth-order valence-corrected chi connectivity index (χ4v) is 9.48. The number of imidazole rings is 2. The molecule has 6 aromatic rings. The highest BCUT2D eigenvalue weighted by Gasteiger charge is 2.41. The second-order valence-corrected chi connectivity index (χ2v) is 15.5. The molecule has 6 heterocycles. The van der Waals surface area contributed by atoms with Gasteiger partial charge >= 0.3 is 6.09 Å². The third-order valence-corrected chi connectivity index (χ3v) is 12.4. The molecule has 0 radical (unpaired) electrons. The summed E-state index contributed by atoms with van der Waals surface area (Å²) in [7, 11) is 1.29. The number of H-pyrrole nitrogens is 2. The number of piperidine rings is 1. The third kappa shape index (κ3) is 6.34. The Morgan fingerprint density at radius 1 is 0.852 bits per heavy atom. The number of likely N-dealkylation sites (tertiary alicyclic amines) is 1. The van der Waals surface area contributed by atoms with E-state index in [2.05, 4.69) is 68.7 Å². The third-order valence-electron chi connectivity index (χ3n) is 11.2. The average molecular weight is 740 g/mol. The highest BCUT2D eigenvalue weighted by atomic mass is 32.1. The number of benzene rings is 3. The van der Waals surface area contributed by atoms with Crippen LogP contribution in [0.3, 0.4) is 0 Å². The zero-order valence-corrected chi connectivity index (χ0v) is 30.8. The molecule has 12 heteroatoms. The number of fused-ring (bicyclic) bond motifs is 2. The van der Waals surface area contributed by atoms with Crippen LogP contribution in [0.1, 0.15) is 80.3 Å². The molecule has 11 nitrogen and oxygen atoms in total. The summed E-state index contributed by atoms with van der Waals surface area (Å²) in [5, 5.41) is 2.73. The molecule has 274 valence electrons. The van der Waals surface area contributed by atoms with Gasteiger partial charge in [-0.3, -0.25) is 9.59 Å². The Bertz CT molecular complexity index is 2330. The molecule has 0 saturated carbocycles. The van der Waals surface area contributed by atoms with E-state index in [0.717, 1.165) is 88.5 Å². The summed E-state index contributed by atoms with van der Waals surface area (Å²) in [5.41, 5.74) is 6.69. The van der Waals surface area contributed by atoms with E-state index in [1.807, 2.05) is 47.5 Å². The number of ether oxygens (including phenoxy) is 1. The van der Waals surface area contributed by atoms with Gasteiger partial charge in [0.1, 0.15) is 17.7 Å². The number of methoxy groups -OCH3 is 1. The van der Waals surface area contributed by atoms with Gasteiger partial charge in [-0.1, -0.05) is 60.7 Å². The van der Waals surface area contributed by atoms with E-state index < -0.39 is 12.1 Å². The highest BCUT2D eigenvalue weighted by molar-refractivity contribution is 7.18. The number of hydrogen-bond donors (Lipinski definition) is 3. The number of amides is 3. The van der Waals surface area contributed by atoms with E-state index in [-0.39, 0.29) is 23.9 Å². The van der Waals surface area contributed by atoms with Crippen LogP contribution in [0.4, 0.5) is 4.79 Å². The number of thiophene rings is 1. The molecule has 3 amide bonds. The Labute approximate surface area is 316 Å². The number of carbonyl (C=O) groups is 3. The minimum atomic E-state index is -0.866. The summed E-state index contributed by atoms with van der Waals surface area (Å²) < 4.78 is 4.84. The summed E-state index contributed by atoms with van der Waals surface area (Å²) in [6.45, 7) is 0.571. The van der Waals surface area contributed by atoms with Gasteiger partial charge in [-0.15, -0.1) is 11.3 Å². The van der Waals surface area contributed by atoms with Crippen molar-refractivity contribution in [3.63, 3.8) is 0 Å². The van der Waals surface area contributed by atoms with Crippen LogP contribution in [0.25, 0.3) is 43.2 Å². The minimum absolute atomic E-state index is 0.0454. The normalized spacial score (nSPS) is 20.3. The summed E-state index contributed by atoms with van der Waals surface area (Å²) in [5.74, 6) is 1.69. The number of alkyl carbamates (subject to hydrolysis) is 1. The van der Waals surface area contributed by atoms with Gasteiger partial charge < -0.3 is 29.8 Å². The number of hydrogen-bond acceptors (Lipinski definition) is 7. The van der Waals surface area contributed by atoms with Crippen molar-refractivity contribution in [2.75, 3.05) is 13.7 Å². The van der Waals surface area contributed by atoms with Crippen LogP contribution in [0.15, 0.2) is 91.1 Å². The second kappa shape index (κ2) is 14.2. The van der Waals surface area contributed by atoms with Crippen LogP contribution in [0.5, 0.6) is 0 Å². The number of aromatic nitrogens is 4. The quantitative estimate of drug-likeness (QED) is 0.144. The number of nitrogens with zero attached hydrogens (tertiary/aromatic N) is 4. The van der Waals surface area contributed by atoms with E-state index in [0.29, 0.717) is 24.6 Å². The fourth-order valence-electron chi connectivity index (χ4n) is 8.48. The molecule has 4 atom stereocenters. The van der Waals surface area contributed by atoms with Crippen LogP contribution in [-0.4, -0.2) is 67.3 Å². The van der Waals surface area contributed by atoms with Gasteiger partial charge in [-0.25, -0.2) is 14.8 Å². The van der Waals surface area contributed by atoms with Crippen molar-refractivity contribution < 1.29 is 19.1 Å². The lowest BCUT2D eigenvalue weighted by Gasteiger charge is -2.33. The number of rotatable bonds is 8. The van der Waals surface area contributed by atoms with Crippen molar-refractivity contribution >= 4 is 40.3 Å². The lowest BCUT2D eigenvalue weighted by atomic mass is 10.0. The predicted octanol–water partition coefficient (Wildman–Crippen LogP) is 8.33. The SMILES string of the molecule is COC(=O)N[C@@H](C(=O)N1CCC[C@H]1c1nc2ccc(-c3ccc(-c4ccc(-c5cnc([C@@H]6CC[C@@H]7CCCC(=O)N76)[nH]5)cc4)s3)cc2[nH]1)c1ccccc1. The molecule has 3 aliphatic rings. The van der Waals surface area contributed by atoms with Crippen molar-refractivity contribution in [2.24, 2.45) is 0 Å². The molecule has 54 heavy (non-hydrogen) atoms. The van der Waals surface area contributed by atoms with Gasteiger partial charge in [0.15, 0.2) is 0 Å². The lowest BCUT2D eigenvalue weighted by molar-refractivity contribution is -0.137. The van der Waals surface area contributed by atoms with Crippen LogP contribution >= 0.6 is 11.3 Å². The zero-order valence-electron chi connectivity index (χ0n) is 30.0. The molecule has 0 unspecified atom stereocenters. The Morgan fingerprint density at radius 2 is 1.63 bits per heavy atom.